The first-order valence-electron chi connectivity index (χ1n) is 9.11. The van der Waals surface area contributed by atoms with Gasteiger partial charge in [-0.1, -0.05) is 11.6 Å². The van der Waals surface area contributed by atoms with E-state index >= 15 is 0 Å². The van der Waals surface area contributed by atoms with E-state index in [0.717, 1.165) is 11.4 Å². The Bertz CT molecular complexity index is 1170. The van der Waals surface area contributed by atoms with Crippen LogP contribution in [0.15, 0.2) is 71.3 Å². The standard InChI is InChI=1S/C20H16ClN7O3/c21-13-3-5-14(6-4-13)23-19-25-18(22-12-17-2-1-11-31-17)26-20(27-19)24-15-7-9-16(10-8-15)28(29)30/h1-11H,12H2,(H3,22,23,24,25,26,27). The molecule has 4 rings (SSSR count). The van der Waals surface area contributed by atoms with Crippen LogP contribution in [0.3, 0.4) is 0 Å². The van der Waals surface area contributed by atoms with E-state index in [2.05, 4.69) is 30.9 Å². The molecule has 0 bridgehead atoms. The van der Waals surface area contributed by atoms with Crippen molar-refractivity contribution in [3.63, 3.8) is 0 Å². The number of nitrogens with zero attached hydrogens (tertiary/aromatic N) is 4. The third-order valence-electron chi connectivity index (χ3n) is 4.07. The van der Waals surface area contributed by atoms with Crippen LogP contribution in [-0.4, -0.2) is 19.9 Å². The molecule has 0 aliphatic heterocycles. The lowest BCUT2D eigenvalue weighted by Crippen LogP contribution is -2.09. The van der Waals surface area contributed by atoms with Crippen molar-refractivity contribution in [2.75, 3.05) is 16.0 Å². The summed E-state index contributed by atoms with van der Waals surface area (Å²) >= 11 is 5.94. The van der Waals surface area contributed by atoms with Gasteiger partial charge >= 0.3 is 0 Å². The van der Waals surface area contributed by atoms with Crippen LogP contribution in [0, 0.1) is 10.1 Å². The molecule has 31 heavy (non-hydrogen) atoms. The van der Waals surface area contributed by atoms with E-state index < -0.39 is 4.92 Å². The maximum absolute atomic E-state index is 10.8. The Hall–Kier alpha value is -4.18. The molecule has 0 fully saturated rings. The molecule has 156 valence electrons. The number of rotatable bonds is 8. The molecular weight excluding hydrogens is 422 g/mol. The number of aromatic nitrogens is 3. The fourth-order valence-corrected chi connectivity index (χ4v) is 2.73. The van der Waals surface area contributed by atoms with Crippen LogP contribution in [0.5, 0.6) is 0 Å². The van der Waals surface area contributed by atoms with Crippen molar-refractivity contribution in [2.45, 2.75) is 6.54 Å². The van der Waals surface area contributed by atoms with Crippen molar-refractivity contribution < 1.29 is 9.34 Å². The molecule has 2 aromatic carbocycles. The van der Waals surface area contributed by atoms with Gasteiger partial charge in [-0.05, 0) is 48.5 Å². The second kappa shape index (κ2) is 9.09. The molecule has 0 radical (unpaired) electrons. The number of hydrogen-bond donors (Lipinski definition) is 3. The molecule has 0 saturated carbocycles. The molecule has 3 N–H and O–H groups in total. The third kappa shape index (κ3) is 5.46. The van der Waals surface area contributed by atoms with Gasteiger partial charge in [0.05, 0.1) is 17.7 Å². The fraction of sp³-hybridized carbons (Fsp3) is 0.0500. The van der Waals surface area contributed by atoms with E-state index in [9.17, 15) is 10.1 Å². The van der Waals surface area contributed by atoms with Crippen LogP contribution in [0.2, 0.25) is 5.02 Å². The van der Waals surface area contributed by atoms with Gasteiger partial charge in [0.25, 0.3) is 5.69 Å². The Kier molecular flexibility index (Phi) is 5.90. The molecule has 0 aliphatic rings. The Morgan fingerprint density at radius 3 is 2.00 bits per heavy atom. The number of benzene rings is 2. The van der Waals surface area contributed by atoms with Gasteiger partial charge in [-0.2, -0.15) is 15.0 Å². The van der Waals surface area contributed by atoms with E-state index in [4.69, 9.17) is 16.0 Å². The van der Waals surface area contributed by atoms with E-state index in [1.807, 2.05) is 6.07 Å². The zero-order valence-corrected chi connectivity index (χ0v) is 16.7. The molecule has 10 nitrogen and oxygen atoms in total. The Labute approximate surface area is 181 Å². The highest BCUT2D eigenvalue weighted by molar-refractivity contribution is 6.30. The maximum atomic E-state index is 10.8. The number of anilines is 5. The average Bonchev–Trinajstić information content (AvgIpc) is 3.28. The quantitative estimate of drug-likeness (QED) is 0.253. The van der Waals surface area contributed by atoms with Crippen LogP contribution in [0.1, 0.15) is 5.76 Å². The van der Waals surface area contributed by atoms with Crippen LogP contribution in [0.25, 0.3) is 0 Å². The molecule has 0 atom stereocenters. The minimum Gasteiger partial charge on any atom is -0.467 e. The van der Waals surface area contributed by atoms with Gasteiger partial charge in [0, 0.05) is 28.5 Å². The second-order valence-corrected chi connectivity index (χ2v) is 6.74. The smallest absolute Gasteiger partial charge is 0.269 e. The zero-order chi connectivity index (χ0) is 21.6. The summed E-state index contributed by atoms with van der Waals surface area (Å²) in [4.78, 5) is 23.5. The van der Waals surface area contributed by atoms with Crippen molar-refractivity contribution in [3.8, 4) is 0 Å². The molecule has 0 spiro atoms. The normalized spacial score (nSPS) is 10.5. The van der Waals surface area contributed by atoms with Crippen molar-refractivity contribution >= 4 is 46.5 Å². The maximum Gasteiger partial charge on any atom is 0.269 e. The highest BCUT2D eigenvalue weighted by Gasteiger charge is 2.10. The summed E-state index contributed by atoms with van der Waals surface area (Å²) in [5.41, 5.74) is 1.33. The molecule has 0 saturated heterocycles. The predicted octanol–water partition coefficient (Wildman–Crippen LogP) is 5.13. The van der Waals surface area contributed by atoms with Gasteiger partial charge in [0.15, 0.2) is 0 Å². The zero-order valence-electron chi connectivity index (χ0n) is 15.9. The first kappa shape index (κ1) is 20.1. The van der Waals surface area contributed by atoms with Crippen LogP contribution < -0.4 is 16.0 Å². The lowest BCUT2D eigenvalue weighted by molar-refractivity contribution is -0.384. The van der Waals surface area contributed by atoms with Gasteiger partial charge in [0.2, 0.25) is 17.8 Å². The predicted molar refractivity (Wildman–Crippen MR) is 117 cm³/mol. The number of hydrogen-bond acceptors (Lipinski definition) is 9. The number of nitrogens with one attached hydrogen (secondary N) is 3. The summed E-state index contributed by atoms with van der Waals surface area (Å²) in [6.07, 6.45) is 1.58. The van der Waals surface area contributed by atoms with Gasteiger partial charge in [-0.15, -0.1) is 0 Å². The number of nitro benzene ring substituents is 1. The monoisotopic (exact) mass is 437 g/mol. The molecule has 4 aromatic rings. The van der Waals surface area contributed by atoms with Crippen LogP contribution >= 0.6 is 11.6 Å². The largest absolute Gasteiger partial charge is 0.467 e. The van der Waals surface area contributed by atoms with Gasteiger partial charge < -0.3 is 20.4 Å². The molecule has 2 heterocycles. The average molecular weight is 438 g/mol. The highest BCUT2D eigenvalue weighted by Crippen LogP contribution is 2.22. The van der Waals surface area contributed by atoms with E-state index in [1.54, 1.807) is 48.7 Å². The van der Waals surface area contributed by atoms with Crippen LogP contribution in [0.4, 0.5) is 34.9 Å². The molecule has 2 aromatic heterocycles. The Balaban J connectivity index is 1.57. The SMILES string of the molecule is O=[N+]([O-])c1ccc(Nc2nc(NCc3ccco3)nc(Nc3ccc(Cl)cc3)n2)cc1. The molecule has 11 heteroatoms. The minimum absolute atomic E-state index is 0.00732. The first-order chi connectivity index (χ1) is 15.0. The Morgan fingerprint density at radius 2 is 1.45 bits per heavy atom. The number of non-ortho nitro benzene ring substituents is 1. The van der Waals surface area contributed by atoms with Crippen molar-refractivity contribution in [1.82, 2.24) is 15.0 Å². The summed E-state index contributed by atoms with van der Waals surface area (Å²) in [5, 5.41) is 20.7. The summed E-state index contributed by atoms with van der Waals surface area (Å²) in [6.45, 7) is 0.383. The number of halogens is 1. The lowest BCUT2D eigenvalue weighted by Gasteiger charge is -2.11. The van der Waals surface area contributed by atoms with E-state index in [0.29, 0.717) is 29.2 Å². The van der Waals surface area contributed by atoms with Crippen molar-refractivity contribution in [3.05, 3.63) is 87.8 Å². The van der Waals surface area contributed by atoms with Crippen LogP contribution in [-0.2, 0) is 6.54 Å². The molecule has 0 aliphatic carbocycles. The molecular formula is C20H16ClN7O3. The highest BCUT2D eigenvalue weighted by atomic mass is 35.5. The van der Waals surface area contributed by atoms with E-state index in [-0.39, 0.29) is 11.6 Å². The minimum atomic E-state index is -0.461. The third-order valence-corrected chi connectivity index (χ3v) is 4.32. The summed E-state index contributed by atoms with van der Waals surface area (Å²) in [5.74, 6) is 1.58. The number of nitro groups is 1. The summed E-state index contributed by atoms with van der Waals surface area (Å²) < 4.78 is 5.32. The van der Waals surface area contributed by atoms with Gasteiger partial charge in [-0.3, -0.25) is 10.1 Å². The molecule has 0 unspecified atom stereocenters. The number of furan rings is 1. The molecule has 0 amide bonds. The fourth-order valence-electron chi connectivity index (χ4n) is 2.60. The summed E-state index contributed by atoms with van der Waals surface area (Å²) in [7, 11) is 0. The van der Waals surface area contributed by atoms with Crippen molar-refractivity contribution in [1.29, 1.82) is 0 Å². The van der Waals surface area contributed by atoms with Gasteiger partial charge in [0.1, 0.15) is 5.76 Å². The van der Waals surface area contributed by atoms with Gasteiger partial charge in [-0.25, -0.2) is 0 Å². The second-order valence-electron chi connectivity index (χ2n) is 6.30. The Morgan fingerprint density at radius 1 is 0.871 bits per heavy atom. The first-order valence-corrected chi connectivity index (χ1v) is 9.49. The van der Waals surface area contributed by atoms with Crippen molar-refractivity contribution in [2.24, 2.45) is 0 Å². The van der Waals surface area contributed by atoms with E-state index in [1.165, 1.54) is 12.1 Å². The summed E-state index contributed by atoms with van der Waals surface area (Å²) in [6, 6.07) is 16.6. The topological polar surface area (TPSA) is 131 Å². The lowest BCUT2D eigenvalue weighted by atomic mass is 10.3.